The molecule has 4 rings (SSSR count). The van der Waals surface area contributed by atoms with Crippen molar-refractivity contribution in [3.05, 3.63) is 52.7 Å². The summed E-state index contributed by atoms with van der Waals surface area (Å²) < 4.78 is 2.64. The summed E-state index contributed by atoms with van der Waals surface area (Å²) in [6, 6.07) is 7.67. The van der Waals surface area contributed by atoms with Crippen molar-refractivity contribution in [1.29, 1.82) is 0 Å². The van der Waals surface area contributed by atoms with Gasteiger partial charge in [-0.25, -0.2) is 18.9 Å². The molecule has 1 aliphatic rings. The van der Waals surface area contributed by atoms with Gasteiger partial charge in [0.15, 0.2) is 5.82 Å². The molecular formula is C19H22N6O2. The molecule has 0 saturated carbocycles. The fraction of sp³-hybridized carbons (Fsp3) is 0.368. The lowest BCUT2D eigenvalue weighted by molar-refractivity contribution is -0.117. The number of nitrogens with zero attached hydrogens (tertiary/aromatic N) is 5. The van der Waals surface area contributed by atoms with E-state index >= 15 is 0 Å². The van der Waals surface area contributed by atoms with Crippen molar-refractivity contribution < 1.29 is 4.79 Å². The Morgan fingerprint density at radius 3 is 2.63 bits per heavy atom. The molecule has 1 amide bonds. The third-order valence-corrected chi connectivity index (χ3v) is 4.83. The number of nitrogens with one attached hydrogen (secondary N) is 1. The van der Waals surface area contributed by atoms with Crippen molar-refractivity contribution in [2.75, 3.05) is 23.3 Å². The average Bonchev–Trinajstić information content (AvgIpc) is 3.31. The maximum atomic E-state index is 12.6. The first-order valence-corrected chi connectivity index (χ1v) is 9.23. The Bertz CT molecular complexity index is 1010. The summed E-state index contributed by atoms with van der Waals surface area (Å²) in [5, 5.41) is 7.18. The van der Waals surface area contributed by atoms with Crippen LogP contribution >= 0.6 is 0 Å². The molecule has 2 aromatic heterocycles. The molecule has 27 heavy (non-hydrogen) atoms. The number of carbonyl (C=O) groups is 1. The fourth-order valence-electron chi connectivity index (χ4n) is 3.35. The number of rotatable bonds is 5. The predicted molar refractivity (Wildman–Crippen MR) is 103 cm³/mol. The summed E-state index contributed by atoms with van der Waals surface area (Å²) in [5.74, 6) is 0.404. The highest BCUT2D eigenvalue weighted by molar-refractivity contribution is 5.90. The van der Waals surface area contributed by atoms with Crippen molar-refractivity contribution in [3.63, 3.8) is 0 Å². The van der Waals surface area contributed by atoms with Crippen molar-refractivity contribution in [2.24, 2.45) is 0 Å². The van der Waals surface area contributed by atoms with E-state index in [4.69, 9.17) is 0 Å². The number of aromatic nitrogens is 4. The standard InChI is InChI=1S/C19H22N6O2/c1-2-14-5-7-15(8-6-14)21-16(26)13-25-19(27)24-12-9-20-17(18(24)22-25)23-10-3-4-11-23/h5-9,12H,2-4,10-11,13H2,1H3,(H,21,26). The van der Waals surface area contributed by atoms with Gasteiger partial charge in [0.2, 0.25) is 11.6 Å². The van der Waals surface area contributed by atoms with E-state index in [-0.39, 0.29) is 18.1 Å². The van der Waals surface area contributed by atoms with Crippen LogP contribution in [0, 0.1) is 0 Å². The molecule has 1 N–H and O–H groups in total. The van der Waals surface area contributed by atoms with Gasteiger partial charge in [-0.1, -0.05) is 19.1 Å². The quantitative estimate of drug-likeness (QED) is 0.743. The van der Waals surface area contributed by atoms with Crippen molar-refractivity contribution in [3.8, 4) is 0 Å². The maximum Gasteiger partial charge on any atom is 0.350 e. The second kappa shape index (κ2) is 7.22. The van der Waals surface area contributed by atoms with E-state index in [9.17, 15) is 9.59 Å². The lowest BCUT2D eigenvalue weighted by atomic mass is 10.1. The summed E-state index contributed by atoms with van der Waals surface area (Å²) in [6.45, 7) is 3.74. The zero-order valence-corrected chi connectivity index (χ0v) is 15.3. The van der Waals surface area contributed by atoms with Crippen LogP contribution in [0.15, 0.2) is 41.5 Å². The largest absolute Gasteiger partial charge is 0.353 e. The third kappa shape index (κ3) is 3.42. The first-order valence-electron chi connectivity index (χ1n) is 9.23. The van der Waals surface area contributed by atoms with Gasteiger partial charge >= 0.3 is 5.69 Å². The van der Waals surface area contributed by atoms with Crippen LogP contribution in [-0.2, 0) is 17.8 Å². The molecule has 0 unspecified atom stereocenters. The molecule has 0 atom stereocenters. The number of amides is 1. The molecule has 1 saturated heterocycles. The van der Waals surface area contributed by atoms with Crippen molar-refractivity contribution in [2.45, 2.75) is 32.7 Å². The second-order valence-electron chi connectivity index (χ2n) is 6.68. The molecule has 3 heterocycles. The van der Waals surface area contributed by atoms with E-state index in [1.54, 1.807) is 12.4 Å². The number of anilines is 2. The molecular weight excluding hydrogens is 344 g/mol. The van der Waals surface area contributed by atoms with Gasteiger partial charge in [-0.05, 0) is 37.0 Å². The Kier molecular flexibility index (Phi) is 4.62. The summed E-state index contributed by atoms with van der Waals surface area (Å²) in [7, 11) is 0. The van der Waals surface area contributed by atoms with Gasteiger partial charge < -0.3 is 10.2 Å². The Morgan fingerprint density at radius 2 is 1.93 bits per heavy atom. The van der Waals surface area contributed by atoms with Crippen LogP contribution in [0.3, 0.4) is 0 Å². The summed E-state index contributed by atoms with van der Waals surface area (Å²) >= 11 is 0. The Hall–Kier alpha value is -3.16. The van der Waals surface area contributed by atoms with Gasteiger partial charge in [-0.3, -0.25) is 4.79 Å². The molecule has 0 bridgehead atoms. The minimum Gasteiger partial charge on any atom is -0.353 e. The number of hydrogen-bond acceptors (Lipinski definition) is 5. The smallest absolute Gasteiger partial charge is 0.350 e. The number of benzene rings is 1. The van der Waals surface area contributed by atoms with Crippen LogP contribution in [0.25, 0.3) is 5.65 Å². The highest BCUT2D eigenvalue weighted by atomic mass is 16.2. The summed E-state index contributed by atoms with van der Waals surface area (Å²) in [4.78, 5) is 31.5. The van der Waals surface area contributed by atoms with Gasteiger partial charge in [-0.15, -0.1) is 5.10 Å². The molecule has 1 aromatic carbocycles. The fourth-order valence-corrected chi connectivity index (χ4v) is 3.35. The van der Waals surface area contributed by atoms with Crippen LogP contribution < -0.4 is 15.9 Å². The number of hydrogen-bond donors (Lipinski definition) is 1. The second-order valence-corrected chi connectivity index (χ2v) is 6.68. The normalized spacial score (nSPS) is 14.0. The number of carbonyl (C=O) groups excluding carboxylic acids is 1. The Balaban J connectivity index is 1.56. The van der Waals surface area contributed by atoms with E-state index < -0.39 is 0 Å². The Morgan fingerprint density at radius 1 is 1.19 bits per heavy atom. The monoisotopic (exact) mass is 366 g/mol. The molecule has 0 spiro atoms. The van der Waals surface area contributed by atoms with Crippen LogP contribution in [0.5, 0.6) is 0 Å². The van der Waals surface area contributed by atoms with Gasteiger partial charge in [0.05, 0.1) is 0 Å². The molecule has 1 fully saturated rings. The van der Waals surface area contributed by atoms with E-state index in [0.29, 0.717) is 17.2 Å². The zero-order chi connectivity index (χ0) is 18.8. The molecule has 8 heteroatoms. The molecule has 0 radical (unpaired) electrons. The Labute approximate surface area is 156 Å². The maximum absolute atomic E-state index is 12.6. The van der Waals surface area contributed by atoms with Crippen LogP contribution in [0.1, 0.15) is 25.3 Å². The number of fused-ring (bicyclic) bond motifs is 1. The minimum atomic E-state index is -0.343. The van der Waals surface area contributed by atoms with Gasteiger partial charge in [-0.2, -0.15) is 0 Å². The van der Waals surface area contributed by atoms with Gasteiger partial charge in [0.25, 0.3) is 0 Å². The minimum absolute atomic E-state index is 0.143. The lowest BCUT2D eigenvalue weighted by Crippen LogP contribution is -2.28. The highest BCUT2D eigenvalue weighted by Crippen LogP contribution is 2.20. The molecule has 8 nitrogen and oxygen atoms in total. The predicted octanol–water partition coefficient (Wildman–Crippen LogP) is 1.69. The molecule has 0 aliphatic carbocycles. The number of aryl methyl sites for hydroxylation is 1. The summed E-state index contributed by atoms with van der Waals surface area (Å²) in [5.41, 5.74) is 2.05. The summed E-state index contributed by atoms with van der Waals surface area (Å²) in [6.07, 6.45) is 6.34. The first kappa shape index (κ1) is 17.3. The molecule has 140 valence electrons. The van der Waals surface area contributed by atoms with Crippen molar-refractivity contribution >= 4 is 23.1 Å². The van der Waals surface area contributed by atoms with E-state index in [2.05, 4.69) is 27.2 Å². The van der Waals surface area contributed by atoms with Crippen molar-refractivity contribution in [1.82, 2.24) is 19.2 Å². The molecule has 1 aliphatic heterocycles. The third-order valence-electron chi connectivity index (χ3n) is 4.83. The van der Waals surface area contributed by atoms with Crippen LogP contribution in [0.4, 0.5) is 11.5 Å². The SMILES string of the molecule is CCc1ccc(NC(=O)Cn2nc3c(N4CCCC4)nccn3c2=O)cc1. The lowest BCUT2D eigenvalue weighted by Gasteiger charge is -2.15. The topological polar surface area (TPSA) is 84.5 Å². The van der Waals surface area contributed by atoms with E-state index in [1.165, 1.54) is 14.6 Å². The van der Waals surface area contributed by atoms with E-state index in [0.717, 1.165) is 32.4 Å². The zero-order valence-electron chi connectivity index (χ0n) is 15.3. The first-order chi connectivity index (χ1) is 13.2. The van der Waals surface area contributed by atoms with Gasteiger partial charge in [0.1, 0.15) is 6.54 Å². The van der Waals surface area contributed by atoms with Crippen LogP contribution in [-0.4, -0.2) is 38.2 Å². The van der Waals surface area contributed by atoms with Gasteiger partial charge in [0, 0.05) is 31.2 Å². The molecule has 3 aromatic rings. The van der Waals surface area contributed by atoms with Crippen LogP contribution in [0.2, 0.25) is 0 Å². The van der Waals surface area contributed by atoms with E-state index in [1.807, 2.05) is 24.3 Å². The highest BCUT2D eigenvalue weighted by Gasteiger charge is 2.20. The average molecular weight is 366 g/mol.